The van der Waals surface area contributed by atoms with Crippen molar-refractivity contribution in [2.75, 3.05) is 0 Å². The molecule has 0 spiro atoms. The Morgan fingerprint density at radius 2 is 1.49 bits per heavy atom. The summed E-state index contributed by atoms with van der Waals surface area (Å²) in [7, 11) is 7.28. The van der Waals surface area contributed by atoms with Gasteiger partial charge in [0.1, 0.15) is 0 Å². The summed E-state index contributed by atoms with van der Waals surface area (Å²) < 4.78 is 0. The summed E-state index contributed by atoms with van der Waals surface area (Å²) >= 11 is -0.826. The van der Waals surface area contributed by atoms with Crippen LogP contribution in [-0.4, -0.2) is 15.2 Å². The summed E-state index contributed by atoms with van der Waals surface area (Å²) in [4.78, 5) is 0. The number of benzene rings is 1. The van der Waals surface area contributed by atoms with Crippen LogP contribution in [0, 0.1) is 50.4 Å². The van der Waals surface area contributed by atoms with Gasteiger partial charge >= 0.3 is 37.9 Å². The van der Waals surface area contributed by atoms with E-state index < -0.39 is 36.0 Å². The van der Waals surface area contributed by atoms with Gasteiger partial charge in [-0.3, -0.25) is 0 Å². The predicted molar refractivity (Wildman–Crippen MR) is 179 cm³/mol. The van der Waals surface area contributed by atoms with Crippen LogP contribution in [0.15, 0.2) is 30.3 Å². The molecule has 4 fully saturated rings. The Hall–Kier alpha value is 1.12. The van der Waals surface area contributed by atoms with E-state index >= 15 is 0 Å². The molecule has 0 bridgehead atoms. The zero-order chi connectivity index (χ0) is 26.8. The van der Waals surface area contributed by atoms with Crippen molar-refractivity contribution in [2.24, 2.45) is 35.5 Å². The number of fused-ring (bicyclic) bond motifs is 2. The van der Waals surface area contributed by atoms with Gasteiger partial charge in [0, 0.05) is 15.2 Å². The minimum atomic E-state index is -1.33. The molecule has 0 aromatic heterocycles. The molecule has 1 aromatic carbocycles. The molecule has 0 aliphatic heterocycles. The topological polar surface area (TPSA) is 0 Å². The fraction of sp³-hybridized carbons (Fsp3) is 0.765. The van der Waals surface area contributed by atoms with Crippen molar-refractivity contribution in [3.05, 3.63) is 50.7 Å². The zero-order valence-electron chi connectivity index (χ0n) is 26.6. The van der Waals surface area contributed by atoms with Gasteiger partial charge in [0.15, 0.2) is 0 Å². The molecule has 222 valence electrons. The van der Waals surface area contributed by atoms with E-state index in [0.717, 1.165) is 52.5 Å². The van der Waals surface area contributed by atoms with Gasteiger partial charge in [-0.15, -0.1) is 0 Å². The molecule has 4 aliphatic carbocycles. The van der Waals surface area contributed by atoms with Crippen LogP contribution in [0.4, 0.5) is 0 Å². The Morgan fingerprint density at radius 1 is 0.821 bits per heavy atom. The van der Waals surface area contributed by atoms with Crippen molar-refractivity contribution in [1.29, 1.82) is 0 Å². The van der Waals surface area contributed by atoms with Crippen molar-refractivity contribution in [3.8, 4) is 0 Å². The molecule has 9 unspecified atom stereocenters. The van der Waals surface area contributed by atoms with Crippen molar-refractivity contribution in [3.63, 3.8) is 0 Å². The SMILES string of the molecule is CCCCC1CCC([Si](C)(C)[Si](C)(C)C2C(C)CC3C2CC2CCCC2C3c2ccccc2)C1.[CH3-].[CH3-].[Cl][Zr+2][Cl]. The van der Waals surface area contributed by atoms with E-state index in [1.54, 1.807) is 31.2 Å². The Labute approximate surface area is 265 Å². The Bertz CT molecular complexity index is 847. The third-order valence-electron chi connectivity index (χ3n) is 12.7. The molecule has 39 heavy (non-hydrogen) atoms. The number of hydrogen-bond donors (Lipinski definition) is 0. The van der Waals surface area contributed by atoms with Crippen LogP contribution in [0.5, 0.6) is 0 Å². The molecule has 0 nitrogen and oxygen atoms in total. The van der Waals surface area contributed by atoms with Crippen molar-refractivity contribution in [2.45, 2.75) is 128 Å². The van der Waals surface area contributed by atoms with Crippen LogP contribution in [0.2, 0.25) is 37.3 Å². The summed E-state index contributed by atoms with van der Waals surface area (Å²) in [5.74, 6) is 6.90. The standard InChI is InChI=1S/C32H54Si2.2CH3.2ClH.Zr/c1-7-8-13-24-18-19-27(21-24)33(3,4)34(5,6)32-23(2)20-29-30(32)22-26-16-12-17-28(26)31(29)25-14-10-9-11-15-25;;;;;/h9-11,14-15,23-24,26-32H,7-8,12-13,16-22H2,1-6H3;2*1H3;2*1H;/q;2*-1;;;+4/p-2. The summed E-state index contributed by atoms with van der Waals surface area (Å²) in [6.07, 6.45) is 16.8. The first-order valence-corrected chi connectivity index (χ1v) is 29.2. The third-order valence-corrected chi connectivity index (χ3v) is 33.4. The number of hydrogen-bond acceptors (Lipinski definition) is 0. The summed E-state index contributed by atoms with van der Waals surface area (Å²) in [5.41, 5.74) is 3.91. The fourth-order valence-corrected chi connectivity index (χ4v) is 25.3. The quantitative estimate of drug-likeness (QED) is 0.198. The monoisotopic (exact) mass is 684 g/mol. The summed E-state index contributed by atoms with van der Waals surface area (Å²) in [6, 6.07) is 11.9. The van der Waals surface area contributed by atoms with Crippen molar-refractivity contribution in [1.82, 2.24) is 0 Å². The second-order valence-electron chi connectivity index (χ2n) is 14.6. The fourth-order valence-electron chi connectivity index (χ4n) is 10.5. The number of unbranched alkanes of at least 4 members (excludes halogenated alkanes) is 1. The molecule has 0 amide bonds. The van der Waals surface area contributed by atoms with Gasteiger partial charge in [0.25, 0.3) is 0 Å². The van der Waals surface area contributed by atoms with Crippen LogP contribution in [0.1, 0.15) is 96.0 Å². The molecular weight excluding hydrogens is 627 g/mol. The molecule has 9 atom stereocenters. The van der Waals surface area contributed by atoms with E-state index in [2.05, 4.69) is 70.4 Å². The van der Waals surface area contributed by atoms with E-state index in [-0.39, 0.29) is 14.9 Å². The average Bonchev–Trinajstić information content (AvgIpc) is 3.60. The maximum atomic E-state index is 4.93. The molecule has 4 saturated carbocycles. The number of rotatable bonds is 7. The van der Waals surface area contributed by atoms with E-state index in [1.807, 2.05) is 0 Å². The first-order valence-electron chi connectivity index (χ1n) is 15.7. The van der Waals surface area contributed by atoms with Crippen LogP contribution < -0.4 is 0 Å². The molecule has 0 N–H and O–H groups in total. The maximum absolute atomic E-state index is 4.93. The Kier molecular flexibility index (Phi) is 14.6. The summed E-state index contributed by atoms with van der Waals surface area (Å²) in [6.45, 7) is 16.7. The number of halogens is 2. The van der Waals surface area contributed by atoms with E-state index in [9.17, 15) is 0 Å². The molecule has 0 radical (unpaired) electrons. The minimum absolute atomic E-state index is 0. The second-order valence-corrected chi connectivity index (χ2v) is 34.5. The van der Waals surface area contributed by atoms with Crippen molar-refractivity contribution < 1.29 is 20.8 Å². The van der Waals surface area contributed by atoms with Gasteiger partial charge in [-0.1, -0.05) is 122 Å². The predicted octanol–water partition coefficient (Wildman–Crippen LogP) is 12.4. The van der Waals surface area contributed by atoms with E-state index in [1.165, 1.54) is 44.9 Å². The van der Waals surface area contributed by atoms with E-state index in [4.69, 9.17) is 17.0 Å². The molecular formula is C34H60Cl2Si2Zr. The molecule has 4 aliphatic rings. The van der Waals surface area contributed by atoms with Gasteiger partial charge < -0.3 is 14.9 Å². The second kappa shape index (κ2) is 15.7. The zero-order valence-corrected chi connectivity index (χ0v) is 32.6. The normalized spacial score (nSPS) is 35.4. The van der Waals surface area contributed by atoms with Crippen molar-refractivity contribution >= 4 is 32.2 Å². The molecule has 5 heteroatoms. The first kappa shape index (κ1) is 36.3. The molecule has 5 rings (SSSR count). The molecule has 0 heterocycles. The molecule has 0 saturated heterocycles. The van der Waals surface area contributed by atoms with Crippen LogP contribution in [-0.2, 0) is 20.8 Å². The van der Waals surface area contributed by atoms with Gasteiger partial charge in [-0.25, -0.2) is 0 Å². The molecule has 1 aromatic rings. The van der Waals surface area contributed by atoms with Gasteiger partial charge in [0.05, 0.1) is 0 Å². The van der Waals surface area contributed by atoms with Gasteiger partial charge in [-0.05, 0) is 77.3 Å². The van der Waals surface area contributed by atoms with Gasteiger partial charge in [-0.2, -0.15) is 0 Å². The third kappa shape index (κ3) is 7.44. The van der Waals surface area contributed by atoms with Crippen LogP contribution in [0.3, 0.4) is 0 Å². The summed E-state index contributed by atoms with van der Waals surface area (Å²) in [5, 5.41) is 0. The average molecular weight is 687 g/mol. The first-order chi connectivity index (χ1) is 17.7. The van der Waals surface area contributed by atoms with E-state index in [0.29, 0.717) is 0 Å². The van der Waals surface area contributed by atoms with Crippen LogP contribution >= 0.6 is 17.0 Å². The van der Waals surface area contributed by atoms with Gasteiger partial charge in [0.2, 0.25) is 0 Å². The Balaban J connectivity index is 0.00000102. The van der Waals surface area contributed by atoms with Crippen LogP contribution in [0.25, 0.3) is 0 Å². The Morgan fingerprint density at radius 3 is 2.13 bits per heavy atom.